The molecule has 0 bridgehead atoms. The number of hydrogen-bond acceptors (Lipinski definition) is 6. The van der Waals surface area contributed by atoms with Crippen LogP contribution in [-0.2, 0) is 9.59 Å². The molecular formula is C86H163ClN6O2. The molecule has 9 heteroatoms. The van der Waals surface area contributed by atoms with E-state index in [0.29, 0.717) is 12.5 Å². The monoisotopic (exact) mass is 1350 g/mol. The van der Waals surface area contributed by atoms with Crippen LogP contribution in [0.2, 0.25) is 0 Å². The van der Waals surface area contributed by atoms with Gasteiger partial charge in [-0.3, -0.25) is 14.5 Å². The molecule has 0 spiro atoms. The van der Waals surface area contributed by atoms with Crippen LogP contribution in [0.25, 0.3) is 0 Å². The number of alkyl halides is 1. The Bertz CT molecular complexity index is 1670. The van der Waals surface area contributed by atoms with Crippen LogP contribution in [0, 0.1) is 0 Å². The minimum atomic E-state index is 0.108. The molecule has 0 heterocycles. The molecule has 8 nitrogen and oxygen atoms in total. The molecule has 0 aliphatic rings. The van der Waals surface area contributed by atoms with Crippen molar-refractivity contribution in [3.63, 3.8) is 0 Å². The van der Waals surface area contributed by atoms with Crippen molar-refractivity contribution in [2.75, 3.05) is 107 Å². The van der Waals surface area contributed by atoms with Crippen molar-refractivity contribution in [1.29, 1.82) is 0 Å². The highest BCUT2D eigenvalue weighted by Gasteiger charge is 2.16. The average molecular weight is 1350 g/mol. The summed E-state index contributed by atoms with van der Waals surface area (Å²) in [7, 11) is 12.4. The summed E-state index contributed by atoms with van der Waals surface area (Å²) in [4.78, 5) is 36.2. The van der Waals surface area contributed by atoms with Crippen molar-refractivity contribution in [2.24, 2.45) is 0 Å². The summed E-state index contributed by atoms with van der Waals surface area (Å²) < 4.78 is 0. The van der Waals surface area contributed by atoms with Crippen molar-refractivity contribution in [2.45, 2.75) is 336 Å². The van der Waals surface area contributed by atoms with E-state index in [4.69, 9.17) is 11.6 Å². The Morgan fingerprint density at radius 2 is 0.516 bits per heavy atom. The second-order valence-corrected chi connectivity index (χ2v) is 27.9. The zero-order valence-electron chi connectivity index (χ0n) is 65.2. The number of rotatable bonds is 69. The topological polar surface area (TPSA) is 62.4 Å². The molecule has 2 amide bonds. The maximum Gasteiger partial charge on any atom is 0.237 e. The predicted molar refractivity (Wildman–Crippen MR) is 430 cm³/mol. The van der Waals surface area contributed by atoms with E-state index in [1.54, 1.807) is 0 Å². The Hall–Kier alpha value is -3.01. The van der Waals surface area contributed by atoms with Gasteiger partial charge in [-0.1, -0.05) is 279 Å². The first-order valence-electron chi connectivity index (χ1n) is 40.5. The lowest BCUT2D eigenvalue weighted by Crippen LogP contribution is -2.41. The number of likely N-dealkylation sites (N-methyl/N-ethyl adjacent to an activating group) is 4. The molecule has 0 aromatic rings. The smallest absolute Gasteiger partial charge is 0.237 e. The quantitative estimate of drug-likeness (QED) is 0.0372. The molecule has 0 rings (SSSR count). The largest absolute Gasteiger partial charge is 0.342 e. The lowest BCUT2D eigenvalue weighted by Gasteiger charge is -2.26. The summed E-state index contributed by atoms with van der Waals surface area (Å²) >= 11 is 5.89. The van der Waals surface area contributed by atoms with Crippen LogP contribution in [0.3, 0.4) is 0 Å². The van der Waals surface area contributed by atoms with Gasteiger partial charge >= 0.3 is 0 Å². The molecule has 0 fully saturated rings. The fourth-order valence-corrected chi connectivity index (χ4v) is 11.3. The van der Waals surface area contributed by atoms with Gasteiger partial charge in [0, 0.05) is 52.4 Å². The van der Waals surface area contributed by atoms with E-state index in [1.807, 2.05) is 11.9 Å². The molecule has 0 unspecified atom stereocenters. The molecule has 0 saturated heterocycles. The Kier molecular flexibility index (Phi) is 86.3. The van der Waals surface area contributed by atoms with Gasteiger partial charge < -0.3 is 24.9 Å². The Morgan fingerprint density at radius 1 is 0.284 bits per heavy atom. The number of amides is 2. The molecule has 0 aromatic heterocycles. The van der Waals surface area contributed by atoms with E-state index in [9.17, 15) is 9.59 Å². The molecule has 0 radical (unpaired) electrons. The van der Waals surface area contributed by atoms with Gasteiger partial charge in [-0.25, -0.2) is 0 Å². The number of unbranched alkanes of at least 4 members (excludes halogenated alkanes) is 36. The van der Waals surface area contributed by atoms with Gasteiger partial charge in [0.1, 0.15) is 5.88 Å². The van der Waals surface area contributed by atoms with E-state index in [2.05, 4.69) is 185 Å². The zero-order chi connectivity index (χ0) is 70.1. The summed E-state index contributed by atoms with van der Waals surface area (Å²) in [6.45, 7) is 17.3. The number of hydrogen-bond donors (Lipinski definition) is 1. The first-order chi connectivity index (χ1) is 46.5. The number of carbonyl (C=O) groups excluding carboxylic acids is 2. The normalized spacial score (nSPS) is 12.1. The van der Waals surface area contributed by atoms with Crippen molar-refractivity contribution < 1.29 is 9.59 Å². The second-order valence-electron chi connectivity index (χ2n) is 27.7. The second kappa shape index (κ2) is 85.2. The van der Waals surface area contributed by atoms with Crippen LogP contribution in [0.4, 0.5) is 0 Å². The van der Waals surface area contributed by atoms with Gasteiger partial charge in [-0.2, -0.15) is 0 Å². The highest BCUT2D eigenvalue weighted by molar-refractivity contribution is 6.27. The highest BCUT2D eigenvalue weighted by atomic mass is 35.5. The van der Waals surface area contributed by atoms with Gasteiger partial charge in [0.25, 0.3) is 0 Å². The molecule has 0 aromatic carbocycles. The average Bonchev–Trinajstić information content (AvgIpc) is 3.17. The fourth-order valence-electron chi connectivity index (χ4n) is 11.1. The third kappa shape index (κ3) is 85.2. The number of carbonyl (C=O) groups is 2. The van der Waals surface area contributed by atoms with Crippen LogP contribution < -0.4 is 5.32 Å². The number of allylic oxidation sites excluding steroid dienone is 16. The van der Waals surface area contributed by atoms with Gasteiger partial charge in [-0.15, -0.1) is 11.6 Å². The van der Waals surface area contributed by atoms with Gasteiger partial charge in [0.2, 0.25) is 11.8 Å². The zero-order valence-corrected chi connectivity index (χ0v) is 65.9. The molecule has 0 atom stereocenters. The fraction of sp³-hybridized carbons (Fsp3) is 0.791. The summed E-state index contributed by atoms with van der Waals surface area (Å²) in [6.07, 6.45) is 97.6. The Morgan fingerprint density at radius 3 is 0.737 bits per heavy atom. The van der Waals surface area contributed by atoms with Gasteiger partial charge in [0.05, 0.1) is 6.54 Å². The summed E-state index contributed by atoms with van der Waals surface area (Å²) in [5.41, 5.74) is 0. The summed E-state index contributed by atoms with van der Waals surface area (Å²) in [5, 5.41) is 3.06. The van der Waals surface area contributed by atoms with E-state index in [0.717, 1.165) is 104 Å². The van der Waals surface area contributed by atoms with Crippen LogP contribution in [0.1, 0.15) is 336 Å². The standard InChI is InChI=1S/C43H81N3O.C38H68ClNO.C5H14N2/c1-6-8-10-12-14-16-18-20-22-24-26-28-30-32-34-36-38-46(43(47)42-45(5)41-40-44(3)4)39-37-35-33-31-29-27-25-23-21-19-17-15-13-11-9-7-2;1-3-5-7-9-11-13-15-17-19-21-23-25-27-29-31-33-35-40(38(41)37-39)36-34-32-30-28-26-24-22-20-18-16-14-12-10-8-6-4-2;1-6-4-5-7(2)3/h14-17,20-23H,6-13,18-19,24-42H2,1-5H3;11-14,17-20H,3-10,15-16,21-37H2,1-2H3;6H,4-5H2,1-3H3/b16-14-,17-15-,22-20-,23-21-;13-11-,14-12-,19-17-,20-18-;. The third-order valence-electron chi connectivity index (χ3n) is 17.5. The minimum Gasteiger partial charge on any atom is -0.342 e. The van der Waals surface area contributed by atoms with Crippen molar-refractivity contribution in [1.82, 2.24) is 29.8 Å². The van der Waals surface area contributed by atoms with Gasteiger partial charge in [0.15, 0.2) is 0 Å². The molecule has 95 heavy (non-hydrogen) atoms. The molecule has 0 aliphatic carbocycles. The van der Waals surface area contributed by atoms with E-state index in [-0.39, 0.29) is 11.8 Å². The first-order valence-corrected chi connectivity index (χ1v) is 41.0. The third-order valence-corrected chi connectivity index (χ3v) is 17.7. The highest BCUT2D eigenvalue weighted by Crippen LogP contribution is 2.15. The van der Waals surface area contributed by atoms with E-state index >= 15 is 0 Å². The van der Waals surface area contributed by atoms with Crippen LogP contribution in [0.5, 0.6) is 0 Å². The lowest BCUT2D eigenvalue weighted by atomic mass is 10.1. The number of halogens is 1. The van der Waals surface area contributed by atoms with Crippen molar-refractivity contribution in [3.8, 4) is 0 Å². The maximum atomic E-state index is 13.2. The first kappa shape index (κ1) is 96.2. The number of nitrogens with zero attached hydrogens (tertiary/aromatic N) is 5. The molecule has 1 N–H and O–H groups in total. The number of nitrogens with one attached hydrogen (secondary N) is 1. The molecule has 556 valence electrons. The molecule has 0 aliphatic heterocycles. The van der Waals surface area contributed by atoms with Crippen LogP contribution in [0.15, 0.2) is 97.2 Å². The van der Waals surface area contributed by atoms with Crippen LogP contribution in [-0.4, -0.2) is 143 Å². The van der Waals surface area contributed by atoms with E-state index < -0.39 is 0 Å². The van der Waals surface area contributed by atoms with Gasteiger partial charge in [-0.05, 0) is 196 Å². The Labute approximate surface area is 599 Å². The minimum absolute atomic E-state index is 0.108. The van der Waals surface area contributed by atoms with E-state index in [1.165, 1.54) is 257 Å². The SMILES string of the molecule is CCCCC/C=C\C/C=C\CCCCCCCCN(CCCCCCCC/C=C\C/C=C\CCCCC)C(=O)CCl.CCCCC/C=C\C/C=C\CCCCCCCCN(CCCCCCCC/C=C\C/C=C\CCCCC)C(=O)CN(C)CCN(C)C.CNCCN(C)C. The van der Waals surface area contributed by atoms with Crippen LogP contribution >= 0.6 is 11.6 Å². The maximum absolute atomic E-state index is 13.2. The van der Waals surface area contributed by atoms with Crippen molar-refractivity contribution >= 4 is 23.4 Å². The molecule has 0 saturated carbocycles. The van der Waals surface area contributed by atoms with Crippen molar-refractivity contribution in [3.05, 3.63) is 97.2 Å². The Balaban J connectivity index is -0.00000163. The molecular weight excluding hydrogens is 1180 g/mol. The predicted octanol–water partition coefficient (Wildman–Crippen LogP) is 24.4. The summed E-state index contributed by atoms with van der Waals surface area (Å²) in [5.74, 6) is 0.540. The lowest BCUT2D eigenvalue weighted by molar-refractivity contribution is -0.132. The summed E-state index contributed by atoms with van der Waals surface area (Å²) in [6, 6.07) is 0.